The van der Waals surface area contributed by atoms with Crippen LogP contribution in [0.5, 0.6) is 0 Å². The summed E-state index contributed by atoms with van der Waals surface area (Å²) in [5.41, 5.74) is 5.77. The average Bonchev–Trinajstić information content (AvgIpc) is 2.95. The molecule has 1 heterocycles. The first-order valence-electron chi connectivity index (χ1n) is 5.05. The maximum atomic E-state index is 5.69. The number of hydrogen-bond acceptors (Lipinski definition) is 4. The predicted octanol–water partition coefficient (Wildman–Crippen LogP) is 2.42. The topological polar surface area (TPSA) is 63.8 Å². The molecule has 1 aromatic rings. The Labute approximate surface area is 97.8 Å². The Kier molecular flexibility index (Phi) is 2.58. The van der Waals surface area contributed by atoms with Crippen LogP contribution in [-0.2, 0) is 0 Å². The lowest BCUT2D eigenvalue weighted by Crippen LogP contribution is -2.34. The minimum absolute atomic E-state index is 0.0727. The summed E-state index contributed by atoms with van der Waals surface area (Å²) in [6.45, 7) is 4.38. The van der Waals surface area contributed by atoms with Crippen LogP contribution < -0.4 is 11.1 Å². The fourth-order valence-electron chi connectivity index (χ4n) is 1.68. The molecule has 1 fully saturated rings. The summed E-state index contributed by atoms with van der Waals surface area (Å²) < 4.78 is 0.749. The molecule has 1 saturated carbocycles. The van der Waals surface area contributed by atoms with Gasteiger partial charge >= 0.3 is 0 Å². The molecule has 0 radical (unpaired) electrons. The van der Waals surface area contributed by atoms with Gasteiger partial charge in [0.05, 0.1) is 0 Å². The first-order chi connectivity index (χ1) is 7.00. The number of nitrogens with zero attached hydrogens (tertiary/aromatic N) is 2. The summed E-state index contributed by atoms with van der Waals surface area (Å²) >= 11 is 3.39. The number of nitrogens with one attached hydrogen (secondary N) is 1. The molecule has 0 bridgehead atoms. The molecule has 1 aliphatic rings. The molecule has 15 heavy (non-hydrogen) atoms. The number of nitrogen functional groups attached to an aromatic ring is 1. The normalized spacial score (nSPS) is 16.5. The molecular formula is C10H15BrN4. The summed E-state index contributed by atoms with van der Waals surface area (Å²) in [6, 6.07) is 0. The van der Waals surface area contributed by atoms with E-state index < -0.39 is 0 Å². The molecule has 0 amide bonds. The third kappa shape index (κ3) is 2.22. The smallest absolute Gasteiger partial charge is 0.146 e. The molecule has 0 atom stereocenters. The quantitative estimate of drug-likeness (QED) is 0.886. The summed E-state index contributed by atoms with van der Waals surface area (Å²) in [5.74, 6) is 1.99. The monoisotopic (exact) mass is 270 g/mol. The number of rotatable bonds is 3. The maximum absolute atomic E-state index is 5.69. The number of nitrogens with two attached hydrogens (primary N) is 1. The van der Waals surface area contributed by atoms with Crippen molar-refractivity contribution in [3.05, 3.63) is 10.8 Å². The molecule has 1 aliphatic carbocycles. The van der Waals surface area contributed by atoms with Crippen molar-refractivity contribution in [2.75, 3.05) is 11.1 Å². The first kappa shape index (κ1) is 10.7. The molecular weight excluding hydrogens is 256 g/mol. The van der Waals surface area contributed by atoms with Gasteiger partial charge in [-0.2, -0.15) is 0 Å². The molecule has 5 heteroatoms. The SMILES string of the molecule is CC(C)(Nc1ncnc(N)c1Br)C1CC1. The molecule has 2 rings (SSSR count). The number of halogens is 1. The van der Waals surface area contributed by atoms with Gasteiger partial charge in [0.15, 0.2) is 0 Å². The number of anilines is 2. The summed E-state index contributed by atoms with van der Waals surface area (Å²) in [5, 5.41) is 3.41. The van der Waals surface area contributed by atoms with Crippen LogP contribution in [0.15, 0.2) is 10.8 Å². The van der Waals surface area contributed by atoms with E-state index in [1.54, 1.807) is 0 Å². The Hall–Kier alpha value is -0.840. The molecule has 0 spiro atoms. The fourth-order valence-corrected chi connectivity index (χ4v) is 1.99. The van der Waals surface area contributed by atoms with Crippen LogP contribution >= 0.6 is 15.9 Å². The standard InChI is InChI=1S/C10H15BrN4/c1-10(2,6-3-4-6)15-9-7(11)8(12)13-5-14-9/h5-6H,3-4H2,1-2H3,(H3,12,13,14,15). The maximum Gasteiger partial charge on any atom is 0.146 e. The van der Waals surface area contributed by atoms with Gasteiger partial charge in [-0.05, 0) is 48.5 Å². The summed E-state index contributed by atoms with van der Waals surface area (Å²) in [4.78, 5) is 8.10. The molecule has 4 nitrogen and oxygen atoms in total. The lowest BCUT2D eigenvalue weighted by molar-refractivity contribution is 0.492. The van der Waals surface area contributed by atoms with Gasteiger partial charge in [-0.1, -0.05) is 0 Å². The van der Waals surface area contributed by atoms with Crippen molar-refractivity contribution >= 4 is 27.6 Å². The van der Waals surface area contributed by atoms with E-state index in [0.29, 0.717) is 5.82 Å². The highest BCUT2D eigenvalue weighted by Gasteiger charge is 2.38. The van der Waals surface area contributed by atoms with Crippen LogP contribution in [0, 0.1) is 5.92 Å². The number of hydrogen-bond donors (Lipinski definition) is 2. The second kappa shape index (κ2) is 3.63. The largest absolute Gasteiger partial charge is 0.383 e. The van der Waals surface area contributed by atoms with Gasteiger partial charge in [0, 0.05) is 5.54 Å². The lowest BCUT2D eigenvalue weighted by atomic mass is 9.99. The second-order valence-electron chi connectivity index (χ2n) is 4.54. The third-order valence-electron chi connectivity index (χ3n) is 2.85. The molecule has 1 aromatic heterocycles. The van der Waals surface area contributed by atoms with Gasteiger partial charge < -0.3 is 11.1 Å². The first-order valence-corrected chi connectivity index (χ1v) is 5.84. The van der Waals surface area contributed by atoms with E-state index in [4.69, 9.17) is 5.73 Å². The lowest BCUT2D eigenvalue weighted by Gasteiger charge is -2.27. The zero-order valence-corrected chi connectivity index (χ0v) is 10.5. The minimum atomic E-state index is 0.0727. The van der Waals surface area contributed by atoms with Gasteiger partial charge in [0.25, 0.3) is 0 Å². The highest BCUT2D eigenvalue weighted by Crippen LogP contribution is 2.41. The van der Waals surface area contributed by atoms with Crippen LogP contribution in [0.4, 0.5) is 11.6 Å². The molecule has 0 aliphatic heterocycles. The Balaban J connectivity index is 2.20. The van der Waals surface area contributed by atoms with Crippen molar-refractivity contribution in [1.29, 1.82) is 0 Å². The highest BCUT2D eigenvalue weighted by atomic mass is 79.9. The predicted molar refractivity (Wildman–Crippen MR) is 64.6 cm³/mol. The van der Waals surface area contributed by atoms with Crippen LogP contribution in [0.2, 0.25) is 0 Å². The van der Waals surface area contributed by atoms with Crippen LogP contribution in [-0.4, -0.2) is 15.5 Å². The van der Waals surface area contributed by atoms with Crippen molar-refractivity contribution in [3.8, 4) is 0 Å². The highest BCUT2D eigenvalue weighted by molar-refractivity contribution is 9.10. The van der Waals surface area contributed by atoms with E-state index in [-0.39, 0.29) is 5.54 Å². The van der Waals surface area contributed by atoms with E-state index in [9.17, 15) is 0 Å². The zero-order chi connectivity index (χ0) is 11.1. The fraction of sp³-hybridized carbons (Fsp3) is 0.600. The van der Waals surface area contributed by atoms with E-state index in [2.05, 4.69) is 45.1 Å². The molecule has 0 unspecified atom stereocenters. The molecule has 3 N–H and O–H groups in total. The summed E-state index contributed by atoms with van der Waals surface area (Å²) in [6.07, 6.45) is 4.06. The zero-order valence-electron chi connectivity index (χ0n) is 8.92. The van der Waals surface area contributed by atoms with Gasteiger partial charge in [-0.3, -0.25) is 0 Å². The van der Waals surface area contributed by atoms with E-state index in [1.165, 1.54) is 19.2 Å². The van der Waals surface area contributed by atoms with E-state index >= 15 is 0 Å². The summed E-state index contributed by atoms with van der Waals surface area (Å²) in [7, 11) is 0. The average molecular weight is 271 g/mol. The van der Waals surface area contributed by atoms with Gasteiger partial charge in [-0.25, -0.2) is 9.97 Å². The number of aromatic nitrogens is 2. The minimum Gasteiger partial charge on any atom is -0.383 e. The van der Waals surface area contributed by atoms with Crippen molar-refractivity contribution in [1.82, 2.24) is 9.97 Å². The van der Waals surface area contributed by atoms with Crippen molar-refractivity contribution < 1.29 is 0 Å². The van der Waals surface area contributed by atoms with Crippen LogP contribution in [0.1, 0.15) is 26.7 Å². The van der Waals surface area contributed by atoms with Gasteiger partial charge in [0.1, 0.15) is 22.4 Å². The van der Waals surface area contributed by atoms with Crippen molar-refractivity contribution in [2.45, 2.75) is 32.2 Å². The van der Waals surface area contributed by atoms with Gasteiger partial charge in [0.2, 0.25) is 0 Å². The van der Waals surface area contributed by atoms with Gasteiger partial charge in [-0.15, -0.1) is 0 Å². The Morgan fingerprint density at radius 3 is 2.73 bits per heavy atom. The Morgan fingerprint density at radius 2 is 2.13 bits per heavy atom. The molecule has 82 valence electrons. The van der Waals surface area contributed by atoms with Crippen molar-refractivity contribution in [3.63, 3.8) is 0 Å². The third-order valence-corrected chi connectivity index (χ3v) is 3.64. The van der Waals surface area contributed by atoms with Crippen LogP contribution in [0.3, 0.4) is 0 Å². The Morgan fingerprint density at radius 1 is 1.47 bits per heavy atom. The van der Waals surface area contributed by atoms with E-state index in [1.807, 2.05) is 0 Å². The van der Waals surface area contributed by atoms with E-state index in [0.717, 1.165) is 16.2 Å². The molecule has 0 aromatic carbocycles. The Bertz CT molecular complexity index is 374. The van der Waals surface area contributed by atoms with Crippen molar-refractivity contribution in [2.24, 2.45) is 5.92 Å². The second-order valence-corrected chi connectivity index (χ2v) is 5.34. The van der Waals surface area contributed by atoms with Crippen LogP contribution in [0.25, 0.3) is 0 Å². The molecule has 0 saturated heterocycles.